The molecule has 0 saturated heterocycles. The maximum absolute atomic E-state index is 12.2. The number of fused-ring (bicyclic) bond motifs is 1. The molecule has 5 nitrogen and oxygen atoms in total. The molecule has 0 radical (unpaired) electrons. The van der Waals surface area contributed by atoms with Crippen LogP contribution in [0.5, 0.6) is 0 Å². The number of rotatable bonds is 2. The van der Waals surface area contributed by atoms with Crippen molar-refractivity contribution in [1.29, 1.82) is 0 Å². The van der Waals surface area contributed by atoms with E-state index in [9.17, 15) is 9.59 Å². The number of carbonyl (C=O) groups is 1. The third-order valence-electron chi connectivity index (χ3n) is 3.62. The van der Waals surface area contributed by atoms with E-state index in [1.54, 1.807) is 24.3 Å². The van der Waals surface area contributed by atoms with Crippen LogP contribution in [0, 0.1) is 5.92 Å². The number of H-pyrrole nitrogens is 1. The monoisotopic (exact) mass is 257 g/mol. The molecule has 1 aromatic carbocycles. The van der Waals surface area contributed by atoms with Crippen LogP contribution in [0.1, 0.15) is 30.3 Å². The predicted molar refractivity (Wildman–Crippen MR) is 72.0 cm³/mol. The van der Waals surface area contributed by atoms with Crippen LogP contribution in [-0.2, 0) is 0 Å². The fraction of sp³-hybridized carbons (Fsp3) is 0.357. The van der Waals surface area contributed by atoms with Crippen LogP contribution in [0.4, 0.5) is 0 Å². The number of nitrogens with one attached hydrogen (secondary N) is 2. The molecule has 1 amide bonds. The van der Waals surface area contributed by atoms with E-state index in [0.717, 1.165) is 12.8 Å². The Balaban J connectivity index is 1.94. The highest BCUT2D eigenvalue weighted by Gasteiger charge is 2.27. The smallest absolute Gasteiger partial charge is 0.272 e. The average Bonchev–Trinajstić information content (AvgIpc) is 2.37. The number of benzene rings is 1. The molecule has 1 aliphatic carbocycles. The summed E-state index contributed by atoms with van der Waals surface area (Å²) >= 11 is 0. The summed E-state index contributed by atoms with van der Waals surface area (Å²) in [5, 5.41) is 10.3. The summed E-state index contributed by atoms with van der Waals surface area (Å²) in [6.07, 6.45) is 2.01. The number of carbonyl (C=O) groups excluding carboxylic acids is 1. The zero-order chi connectivity index (χ0) is 13.4. The minimum atomic E-state index is -0.274. The SMILES string of the molecule is CC1CC(NC(=O)c2n[nH]c(=O)c3ccccc23)C1. The van der Waals surface area contributed by atoms with E-state index in [-0.39, 0.29) is 23.2 Å². The lowest BCUT2D eigenvalue weighted by atomic mass is 9.82. The molecule has 1 aromatic heterocycles. The Kier molecular flexibility index (Phi) is 2.81. The van der Waals surface area contributed by atoms with Gasteiger partial charge in [0.25, 0.3) is 11.5 Å². The van der Waals surface area contributed by atoms with Gasteiger partial charge in [0.1, 0.15) is 0 Å². The van der Waals surface area contributed by atoms with Crippen molar-refractivity contribution in [3.8, 4) is 0 Å². The molecule has 0 unspecified atom stereocenters. The molecular weight excluding hydrogens is 242 g/mol. The molecule has 3 rings (SSSR count). The summed E-state index contributed by atoms with van der Waals surface area (Å²) in [6.45, 7) is 2.16. The lowest BCUT2D eigenvalue weighted by Gasteiger charge is -2.33. The highest BCUT2D eigenvalue weighted by Crippen LogP contribution is 2.26. The average molecular weight is 257 g/mol. The van der Waals surface area contributed by atoms with Crippen molar-refractivity contribution in [2.24, 2.45) is 5.92 Å². The van der Waals surface area contributed by atoms with Gasteiger partial charge in [-0.2, -0.15) is 5.10 Å². The summed E-state index contributed by atoms with van der Waals surface area (Å²) in [5.41, 5.74) is 0.0131. The van der Waals surface area contributed by atoms with Crippen molar-refractivity contribution in [1.82, 2.24) is 15.5 Å². The number of aromatic nitrogens is 2. The van der Waals surface area contributed by atoms with Gasteiger partial charge in [-0.05, 0) is 24.8 Å². The van der Waals surface area contributed by atoms with E-state index in [4.69, 9.17) is 0 Å². The van der Waals surface area contributed by atoms with Crippen LogP contribution in [0.15, 0.2) is 29.1 Å². The molecule has 1 aliphatic rings. The maximum atomic E-state index is 12.2. The van der Waals surface area contributed by atoms with Crippen LogP contribution in [0.3, 0.4) is 0 Å². The highest BCUT2D eigenvalue weighted by molar-refractivity contribution is 6.04. The van der Waals surface area contributed by atoms with Crippen molar-refractivity contribution < 1.29 is 4.79 Å². The second-order valence-corrected chi connectivity index (χ2v) is 5.19. The zero-order valence-electron chi connectivity index (χ0n) is 10.6. The minimum absolute atomic E-state index is 0.218. The number of hydrogen-bond donors (Lipinski definition) is 2. The van der Waals surface area contributed by atoms with Crippen LogP contribution in [0.2, 0.25) is 0 Å². The quantitative estimate of drug-likeness (QED) is 0.855. The molecule has 0 spiro atoms. The lowest BCUT2D eigenvalue weighted by Crippen LogP contribution is -2.43. The maximum Gasteiger partial charge on any atom is 0.272 e. The second kappa shape index (κ2) is 4.50. The van der Waals surface area contributed by atoms with Gasteiger partial charge in [0.05, 0.1) is 5.39 Å². The third-order valence-corrected chi connectivity index (χ3v) is 3.62. The Morgan fingerprint density at radius 1 is 1.32 bits per heavy atom. The molecule has 98 valence electrons. The summed E-state index contributed by atoms with van der Waals surface area (Å²) in [7, 11) is 0. The number of aromatic amines is 1. The molecule has 0 aliphatic heterocycles. The first-order valence-electron chi connectivity index (χ1n) is 6.43. The molecule has 0 atom stereocenters. The molecule has 2 N–H and O–H groups in total. The van der Waals surface area contributed by atoms with Gasteiger partial charge in [0.15, 0.2) is 5.69 Å². The first kappa shape index (κ1) is 11.9. The van der Waals surface area contributed by atoms with Crippen molar-refractivity contribution >= 4 is 16.7 Å². The Morgan fingerprint density at radius 2 is 2.00 bits per heavy atom. The van der Waals surface area contributed by atoms with Crippen LogP contribution in [-0.4, -0.2) is 22.1 Å². The van der Waals surface area contributed by atoms with E-state index in [0.29, 0.717) is 16.7 Å². The summed E-state index contributed by atoms with van der Waals surface area (Å²) < 4.78 is 0. The fourth-order valence-corrected chi connectivity index (χ4v) is 2.56. The van der Waals surface area contributed by atoms with Gasteiger partial charge in [-0.3, -0.25) is 9.59 Å². The lowest BCUT2D eigenvalue weighted by molar-refractivity contribution is 0.0892. The number of hydrogen-bond acceptors (Lipinski definition) is 3. The van der Waals surface area contributed by atoms with Crippen LogP contribution >= 0.6 is 0 Å². The topological polar surface area (TPSA) is 74.8 Å². The summed E-state index contributed by atoms with van der Waals surface area (Å²) in [6, 6.07) is 7.24. The van der Waals surface area contributed by atoms with Crippen molar-refractivity contribution in [3.05, 3.63) is 40.3 Å². The van der Waals surface area contributed by atoms with E-state index in [1.165, 1.54) is 0 Å². The molecule has 2 aromatic rings. The number of nitrogens with zero attached hydrogens (tertiary/aromatic N) is 1. The molecule has 0 bridgehead atoms. The Labute approximate surface area is 110 Å². The largest absolute Gasteiger partial charge is 0.348 e. The van der Waals surface area contributed by atoms with E-state index < -0.39 is 0 Å². The number of amides is 1. The molecule has 1 heterocycles. The minimum Gasteiger partial charge on any atom is -0.348 e. The fourth-order valence-electron chi connectivity index (χ4n) is 2.56. The first-order chi connectivity index (χ1) is 9.15. The van der Waals surface area contributed by atoms with Gasteiger partial charge in [0.2, 0.25) is 0 Å². The predicted octanol–water partition coefficient (Wildman–Crippen LogP) is 1.45. The molecule has 1 saturated carbocycles. The van der Waals surface area contributed by atoms with Gasteiger partial charge in [-0.1, -0.05) is 25.1 Å². The van der Waals surface area contributed by atoms with E-state index >= 15 is 0 Å². The molecule has 5 heteroatoms. The van der Waals surface area contributed by atoms with Crippen molar-refractivity contribution in [2.75, 3.05) is 0 Å². The van der Waals surface area contributed by atoms with E-state index in [1.807, 2.05) is 0 Å². The Hall–Kier alpha value is -2.17. The molecule has 1 fully saturated rings. The first-order valence-corrected chi connectivity index (χ1v) is 6.43. The Morgan fingerprint density at radius 3 is 2.68 bits per heavy atom. The van der Waals surface area contributed by atoms with Crippen molar-refractivity contribution in [3.63, 3.8) is 0 Å². The molecular formula is C14H15N3O2. The Bertz CT molecular complexity index is 686. The van der Waals surface area contributed by atoms with Gasteiger partial charge in [0, 0.05) is 11.4 Å². The molecule has 19 heavy (non-hydrogen) atoms. The summed E-state index contributed by atoms with van der Waals surface area (Å²) in [4.78, 5) is 23.8. The van der Waals surface area contributed by atoms with Crippen LogP contribution in [0.25, 0.3) is 10.8 Å². The highest BCUT2D eigenvalue weighted by atomic mass is 16.2. The van der Waals surface area contributed by atoms with Crippen molar-refractivity contribution in [2.45, 2.75) is 25.8 Å². The standard InChI is InChI=1S/C14H15N3O2/c1-8-6-9(7-8)15-14(19)12-10-4-2-3-5-11(10)13(18)17-16-12/h2-5,8-9H,6-7H2,1H3,(H,15,19)(H,17,18). The zero-order valence-corrected chi connectivity index (χ0v) is 10.6. The van der Waals surface area contributed by atoms with Gasteiger partial charge in [-0.15, -0.1) is 0 Å². The third kappa shape index (κ3) is 2.12. The van der Waals surface area contributed by atoms with Crippen LogP contribution < -0.4 is 10.9 Å². The van der Waals surface area contributed by atoms with Gasteiger partial charge < -0.3 is 5.32 Å². The summed E-state index contributed by atoms with van der Waals surface area (Å²) in [5.74, 6) is 0.454. The van der Waals surface area contributed by atoms with E-state index in [2.05, 4.69) is 22.4 Å². The normalized spacial score (nSPS) is 21.9. The van der Waals surface area contributed by atoms with Gasteiger partial charge in [-0.25, -0.2) is 5.10 Å². The second-order valence-electron chi connectivity index (χ2n) is 5.19. The van der Waals surface area contributed by atoms with Gasteiger partial charge >= 0.3 is 0 Å².